The molecule has 0 aromatic heterocycles. The third kappa shape index (κ3) is 4.97. The molecule has 0 bridgehead atoms. The fourth-order valence-electron chi connectivity index (χ4n) is 4.88. The summed E-state index contributed by atoms with van der Waals surface area (Å²) in [5, 5.41) is -0.101. The number of rotatable bonds is 8. The minimum absolute atomic E-state index is 0.0256. The summed E-state index contributed by atoms with van der Waals surface area (Å²) >= 11 is 6.11. The van der Waals surface area contributed by atoms with E-state index in [-0.39, 0.29) is 33.3 Å². The van der Waals surface area contributed by atoms with Crippen molar-refractivity contribution in [2.24, 2.45) is 11.7 Å². The molecule has 0 aliphatic heterocycles. The van der Waals surface area contributed by atoms with Crippen LogP contribution in [0.3, 0.4) is 0 Å². The van der Waals surface area contributed by atoms with Crippen LogP contribution in [0.2, 0.25) is 5.02 Å². The molecule has 0 saturated heterocycles. The van der Waals surface area contributed by atoms with Crippen LogP contribution in [-0.4, -0.2) is 29.7 Å². The van der Waals surface area contributed by atoms with E-state index in [2.05, 4.69) is 0 Å². The fourth-order valence-corrected chi connectivity index (χ4v) is 5.14. The Kier molecular flexibility index (Phi) is 7.87. The molecule has 3 rings (SSSR count). The molecule has 208 valence electrons. The zero-order valence-electron chi connectivity index (χ0n) is 20.7. The molecule has 2 aromatic rings. The van der Waals surface area contributed by atoms with Crippen LogP contribution < -0.4 is 10.6 Å². The van der Waals surface area contributed by atoms with Gasteiger partial charge in [-0.05, 0) is 56.4 Å². The molecule has 2 atom stereocenters. The Morgan fingerprint density at radius 1 is 1.08 bits per heavy atom. The molecule has 4 nitrogen and oxygen atoms in total. The topological polar surface area (TPSA) is 63.4 Å². The summed E-state index contributed by atoms with van der Waals surface area (Å²) in [6.07, 6.45) is -9.67. The molecule has 1 aliphatic rings. The molecule has 0 spiro atoms. The number of nitrogens with zero attached hydrogens (tertiary/aromatic N) is 1. The zero-order chi connectivity index (χ0) is 28.8. The minimum atomic E-state index is -6.28. The summed E-state index contributed by atoms with van der Waals surface area (Å²) in [6.45, 7) is 4.89. The number of amides is 2. The average Bonchev–Trinajstić information content (AvgIpc) is 3.46. The Balaban J connectivity index is 2.20. The fraction of sp³-hybridized carbons (Fsp3) is 0.462. The highest BCUT2D eigenvalue weighted by Gasteiger charge is 2.73. The van der Waals surface area contributed by atoms with Crippen molar-refractivity contribution in [2.75, 3.05) is 4.90 Å². The third-order valence-electron chi connectivity index (χ3n) is 7.11. The second kappa shape index (κ2) is 10.1. The van der Waals surface area contributed by atoms with Crippen LogP contribution in [0.25, 0.3) is 0 Å². The summed E-state index contributed by atoms with van der Waals surface area (Å²) in [5.74, 6) is -1.80. The van der Waals surface area contributed by atoms with Gasteiger partial charge in [-0.1, -0.05) is 49.6 Å². The molecule has 12 heteroatoms. The van der Waals surface area contributed by atoms with Crippen molar-refractivity contribution in [3.8, 4) is 0 Å². The molecule has 2 N–H and O–H groups in total. The lowest BCUT2D eigenvalue weighted by Gasteiger charge is -2.34. The molecular weight excluding hydrogens is 541 g/mol. The van der Waals surface area contributed by atoms with Crippen molar-refractivity contribution < 1.29 is 40.3 Å². The average molecular weight is 567 g/mol. The van der Waals surface area contributed by atoms with Crippen molar-refractivity contribution in [3.63, 3.8) is 0 Å². The van der Waals surface area contributed by atoms with E-state index in [1.807, 2.05) is 6.92 Å². The maximum Gasteiger partial charge on any atom is 0.435 e. The predicted molar refractivity (Wildman–Crippen MR) is 129 cm³/mol. The Bertz CT molecular complexity index is 1230. The number of carbonyl (C=O) groups is 2. The molecular formula is C26H26ClF7N2O2. The number of anilines is 1. The SMILES string of the molecule is CCCCC1CC1(C)N(C(=O)c1cccc(Cl)c1C(N)=O)c1ccc(C(F)(C(F)(F)F)C(F)(F)F)cc1C. The standard InChI is InChI=1S/C26H26ClF7N2O2/c1-4-5-7-16-13-23(16,3)36(22(38)17-8-6-9-18(27)20(17)21(35)37)19-11-10-15(12-14(19)2)24(28,25(29,30)31)26(32,33)34/h6,8-12,16H,4-5,7,13H2,1-3H3,(H2,35,37). The van der Waals surface area contributed by atoms with Crippen molar-refractivity contribution in [1.82, 2.24) is 0 Å². The van der Waals surface area contributed by atoms with E-state index in [0.29, 0.717) is 25.0 Å². The van der Waals surface area contributed by atoms with Gasteiger partial charge in [0.25, 0.3) is 11.8 Å². The Morgan fingerprint density at radius 3 is 2.18 bits per heavy atom. The van der Waals surface area contributed by atoms with E-state index in [4.69, 9.17) is 17.3 Å². The van der Waals surface area contributed by atoms with Gasteiger partial charge in [0.1, 0.15) is 0 Å². The van der Waals surface area contributed by atoms with Crippen LogP contribution in [0.5, 0.6) is 0 Å². The van der Waals surface area contributed by atoms with Gasteiger partial charge in [-0.3, -0.25) is 9.59 Å². The van der Waals surface area contributed by atoms with Gasteiger partial charge in [0, 0.05) is 16.8 Å². The smallest absolute Gasteiger partial charge is 0.366 e. The number of unbranched alkanes of at least 4 members (excludes halogenated alkanes) is 1. The lowest BCUT2D eigenvalue weighted by atomic mass is 9.91. The highest BCUT2D eigenvalue weighted by Crippen LogP contribution is 2.56. The number of hydrogen-bond acceptors (Lipinski definition) is 2. The van der Waals surface area contributed by atoms with Crippen LogP contribution in [0, 0.1) is 12.8 Å². The van der Waals surface area contributed by atoms with Gasteiger partial charge in [-0.25, -0.2) is 4.39 Å². The second-order valence-electron chi connectivity index (χ2n) is 9.72. The van der Waals surface area contributed by atoms with Crippen molar-refractivity contribution in [1.29, 1.82) is 0 Å². The van der Waals surface area contributed by atoms with Gasteiger partial charge in [-0.15, -0.1) is 0 Å². The van der Waals surface area contributed by atoms with Crippen LogP contribution in [0.1, 0.15) is 71.4 Å². The maximum atomic E-state index is 14.7. The maximum absolute atomic E-state index is 14.7. The number of benzene rings is 2. The van der Waals surface area contributed by atoms with Gasteiger partial charge in [0.2, 0.25) is 0 Å². The molecule has 1 fully saturated rings. The van der Waals surface area contributed by atoms with Crippen molar-refractivity contribution in [2.45, 2.75) is 70.0 Å². The van der Waals surface area contributed by atoms with E-state index in [0.717, 1.165) is 18.9 Å². The summed E-state index contributed by atoms with van der Waals surface area (Å²) in [5.41, 5.74) is -3.39. The molecule has 0 radical (unpaired) electrons. The predicted octanol–water partition coefficient (Wildman–Crippen LogP) is 7.65. The molecule has 2 unspecified atom stereocenters. The van der Waals surface area contributed by atoms with E-state index in [9.17, 15) is 40.3 Å². The van der Waals surface area contributed by atoms with E-state index in [1.165, 1.54) is 30.0 Å². The van der Waals surface area contributed by atoms with E-state index < -0.39 is 40.9 Å². The largest absolute Gasteiger partial charge is 0.435 e. The quantitative estimate of drug-likeness (QED) is 0.334. The first kappa shape index (κ1) is 29.7. The van der Waals surface area contributed by atoms with Crippen LogP contribution in [0.15, 0.2) is 36.4 Å². The first-order valence-corrected chi connectivity index (χ1v) is 12.2. The first-order chi connectivity index (χ1) is 17.4. The second-order valence-corrected chi connectivity index (χ2v) is 10.1. The van der Waals surface area contributed by atoms with Crippen molar-refractivity contribution >= 4 is 29.1 Å². The van der Waals surface area contributed by atoms with Crippen LogP contribution in [0.4, 0.5) is 36.4 Å². The summed E-state index contributed by atoms with van der Waals surface area (Å²) in [6, 6.07) is 5.74. The number of carbonyl (C=O) groups excluding carboxylic acids is 2. The molecule has 0 heterocycles. The molecule has 2 aromatic carbocycles. The molecule has 2 amide bonds. The third-order valence-corrected chi connectivity index (χ3v) is 7.42. The highest BCUT2D eigenvalue weighted by atomic mass is 35.5. The number of aryl methyl sites for hydroxylation is 1. The summed E-state index contributed by atoms with van der Waals surface area (Å²) < 4.78 is 94.7. The monoisotopic (exact) mass is 566 g/mol. The lowest BCUT2D eigenvalue weighted by molar-refractivity contribution is -0.348. The molecule has 38 heavy (non-hydrogen) atoms. The Morgan fingerprint density at radius 2 is 1.68 bits per heavy atom. The first-order valence-electron chi connectivity index (χ1n) is 11.8. The summed E-state index contributed by atoms with van der Waals surface area (Å²) in [4.78, 5) is 27.2. The van der Waals surface area contributed by atoms with Crippen molar-refractivity contribution in [3.05, 3.63) is 63.7 Å². The van der Waals surface area contributed by atoms with E-state index in [1.54, 1.807) is 6.92 Å². The van der Waals surface area contributed by atoms with Gasteiger partial charge >= 0.3 is 18.0 Å². The Labute approximate surface area is 219 Å². The summed E-state index contributed by atoms with van der Waals surface area (Å²) in [7, 11) is 0. The Hall–Kier alpha value is -2.82. The van der Waals surface area contributed by atoms with Gasteiger partial charge < -0.3 is 10.6 Å². The minimum Gasteiger partial charge on any atom is -0.366 e. The van der Waals surface area contributed by atoms with E-state index >= 15 is 0 Å². The van der Waals surface area contributed by atoms with Gasteiger partial charge in [-0.2, -0.15) is 26.3 Å². The van der Waals surface area contributed by atoms with Crippen LogP contribution >= 0.6 is 11.6 Å². The van der Waals surface area contributed by atoms with Gasteiger partial charge in [0.15, 0.2) is 0 Å². The highest BCUT2D eigenvalue weighted by molar-refractivity contribution is 6.35. The van der Waals surface area contributed by atoms with Crippen LogP contribution in [-0.2, 0) is 5.67 Å². The van der Waals surface area contributed by atoms with Gasteiger partial charge in [0.05, 0.1) is 16.1 Å². The number of primary amides is 1. The number of halogens is 8. The molecule has 1 aliphatic carbocycles. The lowest BCUT2D eigenvalue weighted by Crippen LogP contribution is -2.50. The molecule has 1 saturated carbocycles. The number of hydrogen-bond donors (Lipinski definition) is 1. The number of alkyl halides is 7. The number of nitrogens with two attached hydrogens (primary N) is 1. The normalized spacial score (nSPS) is 19.8. The zero-order valence-corrected chi connectivity index (χ0v) is 21.5.